The second kappa shape index (κ2) is 58.6. The number of methoxy groups -OCH3 is 1. The Kier molecular flexibility index (Phi) is 48.9. The number of amides is 4. The molecule has 12 heterocycles. The number of aliphatic hydroxyl groups is 1. The summed E-state index contributed by atoms with van der Waals surface area (Å²) in [4.78, 5) is 83.1. The zero-order valence-electron chi connectivity index (χ0n) is 84.1. The summed E-state index contributed by atoms with van der Waals surface area (Å²) >= 11 is 0. The number of piperidine rings is 2. The summed E-state index contributed by atoms with van der Waals surface area (Å²) in [6, 6.07) is 17.0. The summed E-state index contributed by atoms with van der Waals surface area (Å²) < 4.78 is 270. The highest BCUT2D eigenvalue weighted by Crippen LogP contribution is 2.37. The number of hydrogen-bond acceptors (Lipinski definition) is 31. The number of pyridine rings is 6. The van der Waals surface area contributed by atoms with Gasteiger partial charge in [-0.15, -0.1) is 0 Å². The maximum Gasteiger partial charge on any atom is 0.311 e. The monoisotopic (exact) mass is 2200 g/mol. The number of carbonyl (C=O) groups excluding carboxylic acids is 5. The first-order valence-corrected chi connectivity index (χ1v) is 55.9. The van der Waals surface area contributed by atoms with Crippen molar-refractivity contribution in [1.29, 1.82) is 0 Å². The van der Waals surface area contributed by atoms with Crippen molar-refractivity contribution in [3.05, 3.63) is 181 Å². The Hall–Kier alpha value is -11.5. The van der Waals surface area contributed by atoms with Gasteiger partial charge in [-0.2, -0.15) is 25.8 Å². The first-order chi connectivity index (χ1) is 70.2. The van der Waals surface area contributed by atoms with Gasteiger partial charge < -0.3 is 59.9 Å². The first-order valence-electron chi connectivity index (χ1n) is 47.2. The molecule has 4 amide bonds. The molecular formula is C95H130F6N16O25S6. The number of halogens is 6. The number of β-amino-alcohol motifs (C(OH)–C–C–N with tert-alkyl or cyclic N) is 1. The fourth-order valence-corrected chi connectivity index (χ4v) is 23.1. The van der Waals surface area contributed by atoms with Gasteiger partial charge in [0.15, 0.2) is 0 Å². The molecule has 12 rings (SSSR count). The van der Waals surface area contributed by atoms with Gasteiger partial charge in [0.2, 0.25) is 119 Å². The minimum absolute atomic E-state index is 0.0109. The molecule has 0 bridgehead atoms. The molecule has 0 spiro atoms. The summed E-state index contributed by atoms with van der Waals surface area (Å²) in [6.45, 7) is 15.4. The van der Waals surface area contributed by atoms with Gasteiger partial charge in [-0.3, -0.25) is 24.0 Å². The molecule has 6 aliphatic heterocycles. The van der Waals surface area contributed by atoms with Crippen molar-refractivity contribution >= 4 is 89.7 Å². The average molecular weight is 2200 g/mol. The number of esters is 1. The van der Waals surface area contributed by atoms with E-state index in [0.717, 1.165) is 0 Å². The third kappa shape index (κ3) is 35.0. The summed E-state index contributed by atoms with van der Waals surface area (Å²) in [7, 11) is -16.0. The minimum atomic E-state index is -3.73. The van der Waals surface area contributed by atoms with Crippen molar-refractivity contribution in [3.63, 3.8) is 0 Å². The quantitative estimate of drug-likeness (QED) is 0.0205. The Balaban J connectivity index is 0.000000241. The highest BCUT2D eigenvalue weighted by Gasteiger charge is 2.44. The number of primary amides is 2. The molecule has 148 heavy (non-hydrogen) atoms. The van der Waals surface area contributed by atoms with Gasteiger partial charge in [-0.05, 0) is 160 Å². The van der Waals surface area contributed by atoms with E-state index >= 15 is 0 Å². The summed E-state index contributed by atoms with van der Waals surface area (Å²) in [5, 5.41) is 12.0. The van der Waals surface area contributed by atoms with Crippen molar-refractivity contribution in [2.75, 3.05) is 146 Å². The number of hydrogen-bond donors (Lipinski definition) is 4. The normalized spacial score (nSPS) is 18.4. The lowest BCUT2D eigenvalue weighted by Crippen LogP contribution is -2.55. The Labute approximate surface area is 860 Å². The van der Waals surface area contributed by atoms with Crippen LogP contribution in [0.5, 0.6) is 35.3 Å². The predicted molar refractivity (Wildman–Crippen MR) is 531 cm³/mol. The molecule has 6 aromatic heterocycles. The van der Waals surface area contributed by atoms with Crippen LogP contribution >= 0.6 is 0 Å². The van der Waals surface area contributed by atoms with Gasteiger partial charge >= 0.3 is 5.97 Å². The third-order valence-corrected chi connectivity index (χ3v) is 35.7. The second-order valence-electron chi connectivity index (χ2n) is 34.8. The van der Waals surface area contributed by atoms with Crippen molar-refractivity contribution in [2.45, 2.75) is 167 Å². The van der Waals surface area contributed by atoms with E-state index < -0.39 is 95.3 Å². The van der Waals surface area contributed by atoms with E-state index in [4.69, 9.17) is 44.6 Å². The molecule has 0 aliphatic carbocycles. The van der Waals surface area contributed by atoms with E-state index in [9.17, 15) is 106 Å². The zero-order chi connectivity index (χ0) is 109. The van der Waals surface area contributed by atoms with Crippen LogP contribution in [0.15, 0.2) is 211 Å². The number of nitrogens with one attached hydrogen (secondary N) is 1. The minimum Gasteiger partial charge on any atom is -0.473 e. The topological polar surface area (TPSA) is 539 Å². The molecular weight excluding hydrogens is 2070 g/mol. The van der Waals surface area contributed by atoms with Crippen LogP contribution in [-0.2, 0) is 88.8 Å². The lowest BCUT2D eigenvalue weighted by Gasteiger charge is -2.38. The Morgan fingerprint density at radius 1 is 0.372 bits per heavy atom. The average Bonchev–Trinajstić information content (AvgIpc) is 1.08. The fourth-order valence-electron chi connectivity index (χ4n) is 14.5. The molecule has 0 aromatic carbocycles. The van der Waals surface area contributed by atoms with E-state index in [-0.39, 0.29) is 193 Å². The maximum absolute atomic E-state index is 12.8. The van der Waals surface area contributed by atoms with E-state index in [0.29, 0.717) is 175 Å². The molecule has 6 N–H and O–H groups in total. The summed E-state index contributed by atoms with van der Waals surface area (Å²) in [5.41, 5.74) is 12.7. The Bertz CT molecular complexity index is 6170. The number of carbonyl (C=O) groups is 5. The predicted octanol–water partition coefficient (Wildman–Crippen LogP) is 9.91. The van der Waals surface area contributed by atoms with Crippen LogP contribution in [0.1, 0.15) is 132 Å². The molecule has 6 aliphatic rings. The van der Waals surface area contributed by atoms with Gasteiger partial charge in [-0.25, -0.2) is 107 Å². The van der Waals surface area contributed by atoms with Crippen LogP contribution in [0.25, 0.3) is 0 Å². The Morgan fingerprint density at radius 2 is 0.601 bits per heavy atom. The van der Waals surface area contributed by atoms with Crippen molar-refractivity contribution < 1.29 is 139 Å². The van der Waals surface area contributed by atoms with Gasteiger partial charge in [0.1, 0.15) is 69.0 Å². The van der Waals surface area contributed by atoms with Gasteiger partial charge in [-0.1, -0.05) is 41.5 Å². The van der Waals surface area contributed by atoms with Crippen LogP contribution in [0.4, 0.5) is 26.3 Å². The standard InChI is InChI=1S/C18H25FN2O5S.C17H24FN3O4S.C16H22FN3O4S.2C15H20FN3O4S.C14H19FN2O4S/c1-4-14(11-19)13-26-16-6-5-15(12-20-16)27(23,24)21-9-7-18(2,8-10-21)17(22)25-3;1-3-13(10-18)12-25-16-5-4-15(11-20-16)26(23,24)21-8-6-14(7-9-21)17(22)19-2;1-4-12(7-17)11-24-15-6-5-14(8-18-15)25(22,23)20-9-13(10-20)16(21)19(2)3;2*1-2-11(7-16)10-23-14-4-3-13(8-18-14)24(21,22)19-6-5-12(9-19)15(17)20;1-2-11(7-15)10-21-14-4-3-13(8-16-14)22(19,20)17-6-5-12(18)9-17/h5-6,11-12H,4,7-10,13H2,1-3H3;4-5,10-11,14H,3,6-9,12H2,1-2H3,(H,19,22);5-8,13H,4,9-11H2,1-3H3;2*3-4,7-8,12H,2,5-6,9-10H2,1H3,(H2,17,20);3-4,7-8,12,18H,2,5-6,9-10H2,1H3/b14-11+;13-10+;12-7+;3*11-7+/t;;;3*12-/m...100/s1. The molecule has 6 aromatic rings. The lowest BCUT2D eigenvalue weighted by molar-refractivity contribution is -0.154. The van der Waals surface area contributed by atoms with Crippen molar-refractivity contribution in [2.24, 2.45) is 40.6 Å². The van der Waals surface area contributed by atoms with Crippen molar-refractivity contribution in [1.82, 2.24) is 66.0 Å². The van der Waals surface area contributed by atoms with Gasteiger partial charge in [0.05, 0.1) is 112 Å². The molecule has 0 unspecified atom stereocenters. The third-order valence-electron chi connectivity index (χ3n) is 24.6. The van der Waals surface area contributed by atoms with E-state index in [1.165, 1.54) is 148 Å². The number of aliphatic hydroxyl groups excluding tert-OH is 1. The molecule has 53 heteroatoms. The maximum atomic E-state index is 12.8. The van der Waals surface area contributed by atoms with Crippen LogP contribution < -0.4 is 45.2 Å². The smallest absolute Gasteiger partial charge is 0.311 e. The largest absolute Gasteiger partial charge is 0.473 e. The molecule has 0 saturated carbocycles. The lowest BCUT2D eigenvalue weighted by atomic mass is 9.81. The van der Waals surface area contributed by atoms with Crippen LogP contribution in [0.3, 0.4) is 0 Å². The number of rotatable bonds is 41. The number of sulfonamides is 6. The highest BCUT2D eigenvalue weighted by atomic mass is 32.2. The van der Waals surface area contributed by atoms with E-state index in [2.05, 4.69) is 35.2 Å². The van der Waals surface area contributed by atoms with Crippen LogP contribution in [0.2, 0.25) is 0 Å². The van der Waals surface area contributed by atoms with Crippen LogP contribution in [-0.4, -0.2) is 298 Å². The van der Waals surface area contributed by atoms with Crippen molar-refractivity contribution in [3.8, 4) is 35.3 Å². The van der Waals surface area contributed by atoms with Gasteiger partial charge in [0.25, 0.3) is 0 Å². The SMILES string of the molecule is CC/C(=C\F)COc1ccc(S(=O)(=O)N2CC(C(=O)N(C)C)C2)cn1.CC/C(=C\F)COc1ccc(S(=O)(=O)N2CCC(C(=O)NC)CC2)cn1.CC/C(=C\F)COc1ccc(S(=O)(=O)N2CCC(C)(C(=O)OC)CC2)cn1.CC/C(=C\F)COc1ccc(S(=O)(=O)N2CC[C@@H](C(N)=O)C2)cn1.CC/C(=C\F)COc1ccc(S(=O)(=O)N2CC[C@H](C(N)=O)C2)cn1.CC/C(=C\F)COc1ccc(S(=O)(=O)N2CC[C@H](O)C2)cn1. The number of ether oxygens (including phenoxy) is 7. The second-order valence-corrected chi connectivity index (χ2v) is 46.4. The molecule has 818 valence electrons. The fraction of sp³-hybridized carbons (Fsp3) is 0.505. The first kappa shape index (κ1) is 123. The molecule has 3 atom stereocenters. The Morgan fingerprint density at radius 3 is 0.811 bits per heavy atom. The molecule has 0 radical (unpaired) electrons. The molecule has 6 fully saturated rings. The zero-order valence-corrected chi connectivity index (χ0v) is 89.0. The van der Waals surface area contributed by atoms with Gasteiger partial charge in [0, 0.05) is 142 Å². The van der Waals surface area contributed by atoms with Crippen LogP contribution in [0, 0.1) is 29.1 Å². The van der Waals surface area contributed by atoms with E-state index in [1.807, 2.05) is 20.8 Å². The molecule has 6 saturated heterocycles. The summed E-state index contributed by atoms with van der Waals surface area (Å²) in [5.74, 6) is -1.53. The number of aromatic nitrogens is 6. The highest BCUT2D eigenvalue weighted by molar-refractivity contribution is 7.90. The molecule has 41 nitrogen and oxygen atoms in total. The van der Waals surface area contributed by atoms with E-state index in [1.54, 1.807) is 48.8 Å². The number of nitrogens with zero attached hydrogens (tertiary/aromatic N) is 13. The number of nitrogens with two attached hydrogens (primary N) is 2. The summed E-state index contributed by atoms with van der Waals surface area (Å²) in [6.07, 6.45) is 15.7.